The molecule has 3 rings (SSSR count). The summed E-state index contributed by atoms with van der Waals surface area (Å²) in [6, 6.07) is -1.97. The summed E-state index contributed by atoms with van der Waals surface area (Å²) in [6.45, 7) is 20.2. The Morgan fingerprint density at radius 2 is 1.81 bits per heavy atom. The molecule has 4 atom stereocenters. The van der Waals surface area contributed by atoms with Crippen molar-refractivity contribution in [3.8, 4) is 0 Å². The van der Waals surface area contributed by atoms with E-state index in [1.165, 1.54) is 23.2 Å². The van der Waals surface area contributed by atoms with Gasteiger partial charge in [0.1, 0.15) is 18.2 Å². The van der Waals surface area contributed by atoms with E-state index >= 15 is 0 Å². The number of nitrogens with one attached hydrogen (secondary N) is 1. The van der Waals surface area contributed by atoms with E-state index in [-0.39, 0.29) is 25.0 Å². The predicted octanol–water partition coefficient (Wildman–Crippen LogP) is 5.16. The number of hydrogen-bond donors (Lipinski definition) is 1. The third kappa shape index (κ3) is 8.51. The molecule has 0 aromatic heterocycles. The molecule has 0 saturated carbocycles. The van der Waals surface area contributed by atoms with Gasteiger partial charge in [0.05, 0.1) is 20.3 Å². The third-order valence-electron chi connectivity index (χ3n) is 8.18. The number of fused-ring (bicyclic) bond motifs is 1. The van der Waals surface area contributed by atoms with Crippen LogP contribution in [0.4, 0.5) is 9.59 Å². The van der Waals surface area contributed by atoms with E-state index in [1.807, 2.05) is 40.7 Å². The number of carbonyl (C=O) groups is 4. The highest BCUT2D eigenvalue weighted by Crippen LogP contribution is 2.36. The summed E-state index contributed by atoms with van der Waals surface area (Å²) in [4.78, 5) is 55.8. The normalized spacial score (nSPS) is 22.8. The summed E-state index contributed by atoms with van der Waals surface area (Å²) in [5.74, 6) is -0.701. The number of carbonyl (C=O) groups excluding carboxylic acids is 4. The molecule has 10 heteroatoms. The van der Waals surface area contributed by atoms with E-state index in [0.717, 1.165) is 18.4 Å². The van der Waals surface area contributed by atoms with Crippen LogP contribution in [0.2, 0.25) is 0 Å². The number of nitrogens with zero attached hydrogens (tertiary/aromatic N) is 2. The van der Waals surface area contributed by atoms with E-state index < -0.39 is 47.7 Å². The van der Waals surface area contributed by atoms with Crippen molar-refractivity contribution in [1.82, 2.24) is 15.1 Å². The molecule has 2 fully saturated rings. The van der Waals surface area contributed by atoms with Gasteiger partial charge in [-0.25, -0.2) is 14.4 Å². The lowest BCUT2D eigenvalue weighted by Gasteiger charge is -2.35. The number of likely N-dealkylation sites (tertiary alicyclic amines) is 2. The second-order valence-corrected chi connectivity index (χ2v) is 13.8. The van der Waals surface area contributed by atoms with Crippen LogP contribution in [0.25, 0.3) is 0 Å². The fourth-order valence-corrected chi connectivity index (χ4v) is 5.95. The molecule has 2 saturated heterocycles. The molecule has 0 spiro atoms. The van der Waals surface area contributed by atoms with Crippen LogP contribution in [0, 0.1) is 16.7 Å². The molecule has 0 radical (unpaired) electrons. The molecule has 43 heavy (non-hydrogen) atoms. The van der Waals surface area contributed by atoms with Crippen LogP contribution >= 0.6 is 0 Å². The van der Waals surface area contributed by atoms with Gasteiger partial charge >= 0.3 is 18.2 Å². The van der Waals surface area contributed by atoms with Crippen molar-refractivity contribution < 1.29 is 33.4 Å². The van der Waals surface area contributed by atoms with Gasteiger partial charge in [0.25, 0.3) is 0 Å². The van der Waals surface area contributed by atoms with Crippen LogP contribution in [0.15, 0.2) is 48.1 Å². The first kappa shape index (κ1) is 33.9. The zero-order chi connectivity index (χ0) is 32.1. The molecule has 0 bridgehead atoms. The Morgan fingerprint density at radius 1 is 1.12 bits per heavy atom. The molecular formula is C33H49N3O7. The maximum absolute atomic E-state index is 13.9. The highest BCUT2D eigenvalue weighted by Gasteiger charge is 2.47. The van der Waals surface area contributed by atoms with Crippen molar-refractivity contribution in [1.29, 1.82) is 0 Å². The van der Waals surface area contributed by atoms with E-state index in [4.69, 9.17) is 14.2 Å². The number of hydrogen-bond acceptors (Lipinski definition) is 7. The Hall–Kier alpha value is -3.56. The SMILES string of the molecule is C=CCC1=C2CN(C(=O)O[C@@H]3C[C@@H](C(=O)OC)N(C(=O)C(NC(=O)OCC(C)(C)CC=C)C(C)(C)C)C3)CC2=CC(C)C1. The van der Waals surface area contributed by atoms with E-state index in [0.29, 0.717) is 25.4 Å². The van der Waals surface area contributed by atoms with Crippen molar-refractivity contribution in [3.63, 3.8) is 0 Å². The van der Waals surface area contributed by atoms with Gasteiger partial charge in [-0.3, -0.25) is 9.69 Å². The Morgan fingerprint density at radius 3 is 2.42 bits per heavy atom. The maximum atomic E-state index is 13.9. The Bertz CT molecular complexity index is 1180. The van der Waals surface area contributed by atoms with Gasteiger partial charge in [-0.2, -0.15) is 0 Å². The molecule has 3 aliphatic rings. The fourth-order valence-electron chi connectivity index (χ4n) is 5.95. The highest BCUT2D eigenvalue weighted by molar-refractivity contribution is 5.91. The predicted molar refractivity (Wildman–Crippen MR) is 164 cm³/mol. The zero-order valence-electron chi connectivity index (χ0n) is 26.9. The van der Waals surface area contributed by atoms with Gasteiger partial charge in [0.2, 0.25) is 5.91 Å². The Kier molecular flexibility index (Phi) is 10.9. The van der Waals surface area contributed by atoms with Crippen LogP contribution in [0.1, 0.15) is 67.2 Å². The van der Waals surface area contributed by atoms with Gasteiger partial charge in [-0.15, -0.1) is 13.2 Å². The standard InChI is InChI=1S/C33H49N3O7/c1-10-12-22-14-21(3)15-23-17-35(19-25(22)23)31(40)43-24-16-26(29(38)41-9)36(18-24)28(37)27(32(4,5)6)34-30(39)42-20-33(7,8)13-11-2/h10-11,15,21,24,26-27H,1-2,12-14,16-20H2,3-9H3,(H,34,39)/t21?,24-,26+,27?/m1/s1. The minimum atomic E-state index is -1.00. The minimum Gasteiger partial charge on any atom is -0.467 e. The summed E-state index contributed by atoms with van der Waals surface area (Å²) in [7, 11) is 1.25. The molecular weight excluding hydrogens is 550 g/mol. The monoisotopic (exact) mass is 599 g/mol. The topological polar surface area (TPSA) is 114 Å². The molecule has 3 amide bonds. The quantitative estimate of drug-likeness (QED) is 0.210. The number of allylic oxidation sites excluding steroid dienone is 4. The molecule has 2 unspecified atom stereocenters. The maximum Gasteiger partial charge on any atom is 0.410 e. The molecule has 238 valence electrons. The molecule has 10 nitrogen and oxygen atoms in total. The Balaban J connectivity index is 1.72. The van der Waals surface area contributed by atoms with Crippen LogP contribution < -0.4 is 5.32 Å². The van der Waals surface area contributed by atoms with Crippen molar-refractivity contribution in [3.05, 3.63) is 48.1 Å². The molecule has 0 aromatic rings. The lowest BCUT2D eigenvalue weighted by Crippen LogP contribution is -2.57. The second kappa shape index (κ2) is 13.8. The molecule has 1 N–H and O–H groups in total. The smallest absolute Gasteiger partial charge is 0.410 e. The van der Waals surface area contributed by atoms with Gasteiger partial charge in [-0.1, -0.05) is 65.3 Å². The van der Waals surface area contributed by atoms with Crippen LogP contribution in [-0.2, 0) is 23.8 Å². The average molecular weight is 600 g/mol. The van der Waals surface area contributed by atoms with Gasteiger partial charge in [0, 0.05) is 24.9 Å². The molecule has 2 aliphatic heterocycles. The summed E-state index contributed by atoms with van der Waals surface area (Å²) in [5.41, 5.74) is 2.58. The lowest BCUT2D eigenvalue weighted by atomic mass is 9.85. The van der Waals surface area contributed by atoms with E-state index in [2.05, 4.69) is 31.5 Å². The molecule has 0 aromatic carbocycles. The van der Waals surface area contributed by atoms with Crippen LogP contribution in [-0.4, -0.2) is 85.4 Å². The fraction of sp³-hybridized carbons (Fsp3) is 0.636. The molecule has 2 heterocycles. The summed E-state index contributed by atoms with van der Waals surface area (Å²) < 4.78 is 16.3. The van der Waals surface area contributed by atoms with Crippen LogP contribution in [0.5, 0.6) is 0 Å². The first-order valence-corrected chi connectivity index (χ1v) is 15.0. The summed E-state index contributed by atoms with van der Waals surface area (Å²) in [6.07, 6.45) is 6.39. The van der Waals surface area contributed by atoms with Crippen molar-refractivity contribution >= 4 is 24.1 Å². The van der Waals surface area contributed by atoms with Crippen molar-refractivity contribution in [2.24, 2.45) is 16.7 Å². The van der Waals surface area contributed by atoms with Crippen molar-refractivity contribution in [2.75, 3.05) is 33.4 Å². The van der Waals surface area contributed by atoms with Gasteiger partial charge in [0.15, 0.2) is 0 Å². The van der Waals surface area contributed by atoms with Gasteiger partial charge in [-0.05, 0) is 41.7 Å². The Labute approximate surface area is 256 Å². The third-order valence-corrected chi connectivity index (χ3v) is 8.18. The average Bonchev–Trinajstić information content (AvgIpc) is 3.54. The van der Waals surface area contributed by atoms with E-state index in [9.17, 15) is 19.2 Å². The van der Waals surface area contributed by atoms with Crippen LogP contribution in [0.3, 0.4) is 0 Å². The number of rotatable bonds is 10. The highest BCUT2D eigenvalue weighted by atomic mass is 16.6. The number of methoxy groups -OCH3 is 1. The second-order valence-electron chi connectivity index (χ2n) is 13.8. The zero-order valence-corrected chi connectivity index (χ0v) is 26.9. The summed E-state index contributed by atoms with van der Waals surface area (Å²) >= 11 is 0. The molecule has 1 aliphatic carbocycles. The van der Waals surface area contributed by atoms with E-state index in [1.54, 1.807) is 11.0 Å². The largest absolute Gasteiger partial charge is 0.467 e. The number of esters is 1. The van der Waals surface area contributed by atoms with Gasteiger partial charge < -0.3 is 24.4 Å². The van der Waals surface area contributed by atoms with Crippen molar-refractivity contribution in [2.45, 2.75) is 85.4 Å². The first-order chi connectivity index (χ1) is 20.1. The lowest BCUT2D eigenvalue weighted by molar-refractivity contribution is -0.152. The number of amides is 3. The minimum absolute atomic E-state index is 0.00199. The summed E-state index contributed by atoms with van der Waals surface area (Å²) in [5, 5.41) is 2.71. The number of ether oxygens (including phenoxy) is 3. The first-order valence-electron chi connectivity index (χ1n) is 15.0. The number of alkyl carbamates (subject to hydrolysis) is 1.